The van der Waals surface area contributed by atoms with Crippen molar-refractivity contribution in [1.29, 1.82) is 0 Å². The Hall–Kier alpha value is -3.09. The van der Waals surface area contributed by atoms with Crippen molar-refractivity contribution in [3.8, 4) is 17.0 Å². The molecule has 154 valence electrons. The van der Waals surface area contributed by atoms with E-state index in [-0.39, 0.29) is 4.90 Å². The second-order valence-electron chi connectivity index (χ2n) is 7.30. The molecule has 4 aromatic rings. The molecule has 0 N–H and O–H groups in total. The number of aromatic nitrogens is 1. The van der Waals surface area contributed by atoms with Gasteiger partial charge in [-0.2, -0.15) is 0 Å². The zero-order valence-corrected chi connectivity index (χ0v) is 17.8. The molecular weight excluding hydrogens is 396 g/mol. The van der Waals surface area contributed by atoms with Crippen LogP contribution in [0.1, 0.15) is 0 Å². The van der Waals surface area contributed by atoms with Crippen LogP contribution >= 0.6 is 0 Å². The van der Waals surface area contributed by atoms with Gasteiger partial charge < -0.3 is 9.64 Å². The molecule has 1 aromatic heterocycles. The van der Waals surface area contributed by atoms with Crippen LogP contribution in [0.2, 0.25) is 0 Å². The molecule has 0 radical (unpaired) electrons. The number of likely N-dealkylation sites (N-methyl/N-ethyl adjacent to an activating group) is 1. The minimum absolute atomic E-state index is 0.239. The lowest BCUT2D eigenvalue weighted by Crippen LogP contribution is -2.19. The number of fused-ring (bicyclic) bond motifs is 1. The Morgan fingerprint density at radius 3 is 2.10 bits per heavy atom. The van der Waals surface area contributed by atoms with Crippen molar-refractivity contribution in [3.05, 3.63) is 84.9 Å². The molecule has 4 rings (SSSR count). The highest BCUT2D eigenvalue weighted by molar-refractivity contribution is 7.90. The third kappa shape index (κ3) is 3.72. The van der Waals surface area contributed by atoms with Crippen molar-refractivity contribution in [2.75, 3.05) is 27.2 Å². The Bertz CT molecular complexity index is 1250. The molecule has 6 heteroatoms. The van der Waals surface area contributed by atoms with E-state index in [9.17, 15) is 8.42 Å². The van der Waals surface area contributed by atoms with Crippen LogP contribution in [0.4, 0.5) is 0 Å². The topological polar surface area (TPSA) is 51.5 Å². The predicted octanol–water partition coefficient (Wildman–Crippen LogP) is 4.49. The molecule has 0 aliphatic heterocycles. The van der Waals surface area contributed by atoms with Crippen LogP contribution in [0.5, 0.6) is 5.75 Å². The summed E-state index contributed by atoms with van der Waals surface area (Å²) in [6.45, 7) is 1.17. The lowest BCUT2D eigenvalue weighted by molar-refractivity contribution is 0.264. The predicted molar refractivity (Wildman–Crippen MR) is 120 cm³/mol. The van der Waals surface area contributed by atoms with Gasteiger partial charge in [-0.15, -0.1) is 0 Å². The smallest absolute Gasteiger partial charge is 0.268 e. The third-order valence-electron chi connectivity index (χ3n) is 4.90. The van der Waals surface area contributed by atoms with Crippen molar-refractivity contribution in [3.63, 3.8) is 0 Å². The average Bonchev–Trinajstić information content (AvgIpc) is 3.10. The Labute approximate surface area is 177 Å². The fourth-order valence-corrected chi connectivity index (χ4v) is 5.01. The number of para-hydroxylation sites is 1. The van der Waals surface area contributed by atoms with Crippen LogP contribution in [0.25, 0.3) is 22.2 Å². The largest absolute Gasteiger partial charge is 0.489 e. The second kappa shape index (κ2) is 8.34. The van der Waals surface area contributed by atoms with E-state index in [2.05, 4.69) is 0 Å². The van der Waals surface area contributed by atoms with Crippen LogP contribution < -0.4 is 4.74 Å². The highest BCUT2D eigenvalue weighted by atomic mass is 32.2. The van der Waals surface area contributed by atoms with Gasteiger partial charge in [0.05, 0.1) is 10.4 Å². The first-order valence-electron chi connectivity index (χ1n) is 9.77. The van der Waals surface area contributed by atoms with E-state index in [1.807, 2.05) is 73.6 Å². The first-order valence-corrected chi connectivity index (χ1v) is 11.2. The zero-order valence-electron chi connectivity index (χ0n) is 17.0. The summed E-state index contributed by atoms with van der Waals surface area (Å²) in [6.07, 6.45) is 0. The Balaban J connectivity index is 2.02. The normalized spacial score (nSPS) is 11.8. The summed E-state index contributed by atoms with van der Waals surface area (Å²) in [5, 5.41) is 0.773. The van der Waals surface area contributed by atoms with E-state index in [1.54, 1.807) is 30.3 Å². The number of rotatable bonds is 7. The second-order valence-corrected chi connectivity index (χ2v) is 9.08. The molecule has 0 aliphatic rings. The van der Waals surface area contributed by atoms with Crippen molar-refractivity contribution in [2.45, 2.75) is 4.90 Å². The fraction of sp³-hybridized carbons (Fsp3) is 0.167. The van der Waals surface area contributed by atoms with E-state index in [0.29, 0.717) is 23.6 Å². The van der Waals surface area contributed by atoms with Gasteiger partial charge in [0.1, 0.15) is 12.3 Å². The van der Waals surface area contributed by atoms with Crippen LogP contribution in [-0.2, 0) is 10.0 Å². The minimum atomic E-state index is -3.84. The van der Waals surface area contributed by atoms with Crippen molar-refractivity contribution in [2.24, 2.45) is 0 Å². The third-order valence-corrected chi connectivity index (χ3v) is 6.63. The maximum atomic E-state index is 13.7. The van der Waals surface area contributed by atoms with Crippen molar-refractivity contribution in [1.82, 2.24) is 8.87 Å². The van der Waals surface area contributed by atoms with Crippen LogP contribution in [0, 0.1) is 0 Å². The molecular formula is C24H24N2O3S. The maximum Gasteiger partial charge on any atom is 0.268 e. The van der Waals surface area contributed by atoms with Crippen molar-refractivity contribution >= 4 is 20.9 Å². The van der Waals surface area contributed by atoms with E-state index >= 15 is 0 Å². The molecule has 5 nitrogen and oxygen atoms in total. The Kier molecular flexibility index (Phi) is 5.61. The molecule has 1 heterocycles. The highest BCUT2D eigenvalue weighted by Crippen LogP contribution is 2.42. The quantitative estimate of drug-likeness (QED) is 0.442. The van der Waals surface area contributed by atoms with E-state index in [4.69, 9.17) is 4.74 Å². The van der Waals surface area contributed by atoms with Gasteiger partial charge >= 0.3 is 0 Å². The molecule has 0 fully saturated rings. The summed E-state index contributed by atoms with van der Waals surface area (Å²) in [5.41, 5.74) is 1.92. The summed E-state index contributed by atoms with van der Waals surface area (Å²) >= 11 is 0. The van der Waals surface area contributed by atoms with Gasteiger partial charge in [0.25, 0.3) is 10.0 Å². The van der Waals surface area contributed by atoms with Gasteiger partial charge in [-0.3, -0.25) is 0 Å². The van der Waals surface area contributed by atoms with Crippen molar-refractivity contribution < 1.29 is 13.2 Å². The monoisotopic (exact) mass is 420 g/mol. The first-order chi connectivity index (χ1) is 14.5. The van der Waals surface area contributed by atoms with E-state index < -0.39 is 10.0 Å². The van der Waals surface area contributed by atoms with Gasteiger partial charge in [-0.25, -0.2) is 12.4 Å². The molecule has 30 heavy (non-hydrogen) atoms. The Morgan fingerprint density at radius 2 is 1.43 bits per heavy atom. The number of ether oxygens (including phenoxy) is 1. The summed E-state index contributed by atoms with van der Waals surface area (Å²) in [6, 6.07) is 25.5. The average molecular weight is 421 g/mol. The summed E-state index contributed by atoms with van der Waals surface area (Å²) in [7, 11) is 0.115. The molecule has 0 bridgehead atoms. The molecule has 0 saturated carbocycles. The summed E-state index contributed by atoms with van der Waals surface area (Å²) in [5.74, 6) is 0.582. The SMILES string of the molecule is CN(C)CCOc1c(-c2ccccc2)n(S(=O)(=O)c2ccccc2)c2ccccc12. The van der Waals surface area contributed by atoms with Gasteiger partial charge in [0.2, 0.25) is 0 Å². The first kappa shape index (κ1) is 20.2. The molecule has 0 amide bonds. The lowest BCUT2D eigenvalue weighted by Gasteiger charge is -2.15. The number of nitrogens with zero attached hydrogens (tertiary/aromatic N) is 2. The van der Waals surface area contributed by atoms with Crippen LogP contribution in [0.3, 0.4) is 0 Å². The lowest BCUT2D eigenvalue weighted by atomic mass is 10.1. The number of hydrogen-bond donors (Lipinski definition) is 0. The molecule has 0 unspecified atom stereocenters. The number of hydrogen-bond acceptors (Lipinski definition) is 4. The zero-order chi connectivity index (χ0) is 21.1. The van der Waals surface area contributed by atoms with Gasteiger partial charge in [0.15, 0.2) is 5.75 Å². The standard InChI is InChI=1S/C24H24N2O3S/c1-25(2)17-18-29-24-21-15-9-10-16-22(21)26(23(24)19-11-5-3-6-12-19)30(27,28)20-13-7-4-8-14-20/h3-16H,17-18H2,1-2H3. The fourth-order valence-electron chi connectivity index (χ4n) is 3.45. The molecule has 0 spiro atoms. The van der Waals surface area contributed by atoms with E-state index in [1.165, 1.54) is 3.97 Å². The number of benzene rings is 3. The highest BCUT2D eigenvalue weighted by Gasteiger charge is 2.28. The van der Waals surface area contributed by atoms with Crippen LogP contribution in [-0.4, -0.2) is 44.5 Å². The molecule has 0 saturated heterocycles. The van der Waals surface area contributed by atoms with Gasteiger partial charge in [0, 0.05) is 17.5 Å². The van der Waals surface area contributed by atoms with Gasteiger partial charge in [-0.1, -0.05) is 60.7 Å². The van der Waals surface area contributed by atoms with E-state index in [0.717, 1.165) is 17.5 Å². The Morgan fingerprint density at radius 1 is 0.833 bits per heavy atom. The minimum Gasteiger partial charge on any atom is -0.489 e. The molecule has 3 aromatic carbocycles. The maximum absolute atomic E-state index is 13.7. The van der Waals surface area contributed by atoms with Crippen LogP contribution in [0.15, 0.2) is 89.8 Å². The summed E-state index contributed by atoms with van der Waals surface area (Å²) in [4.78, 5) is 2.27. The molecule has 0 atom stereocenters. The molecule has 0 aliphatic carbocycles. The van der Waals surface area contributed by atoms with Gasteiger partial charge in [-0.05, 0) is 38.4 Å². The summed E-state index contributed by atoms with van der Waals surface area (Å²) < 4.78 is 35.1.